The molecular formula is C17H15F3N6O4S. The van der Waals surface area contributed by atoms with Crippen molar-refractivity contribution in [3.63, 3.8) is 0 Å². The van der Waals surface area contributed by atoms with Crippen LogP contribution >= 0.6 is 0 Å². The van der Waals surface area contributed by atoms with Crippen LogP contribution in [0.5, 0.6) is 5.75 Å². The van der Waals surface area contributed by atoms with Crippen molar-refractivity contribution in [2.45, 2.75) is 24.2 Å². The van der Waals surface area contributed by atoms with Crippen molar-refractivity contribution in [2.24, 2.45) is 0 Å². The number of carbonyl (C=O) groups is 1. The normalized spacial score (nSPS) is 12.9. The number of amides is 1. The van der Waals surface area contributed by atoms with E-state index in [2.05, 4.69) is 30.1 Å². The van der Waals surface area contributed by atoms with Crippen molar-refractivity contribution in [1.29, 1.82) is 0 Å². The van der Waals surface area contributed by atoms with Crippen LogP contribution in [-0.4, -0.2) is 51.7 Å². The average Bonchev–Trinajstić information content (AvgIpc) is 3.16. The van der Waals surface area contributed by atoms with E-state index in [9.17, 15) is 26.4 Å². The molecule has 0 unspecified atom stereocenters. The number of halogens is 3. The van der Waals surface area contributed by atoms with Gasteiger partial charge in [0.15, 0.2) is 21.5 Å². The van der Waals surface area contributed by atoms with Gasteiger partial charge in [-0.1, -0.05) is 0 Å². The van der Waals surface area contributed by atoms with E-state index in [4.69, 9.17) is 0 Å². The van der Waals surface area contributed by atoms with E-state index in [1.807, 2.05) is 0 Å². The van der Waals surface area contributed by atoms with Gasteiger partial charge < -0.3 is 10.1 Å². The molecule has 31 heavy (non-hydrogen) atoms. The fourth-order valence-electron chi connectivity index (χ4n) is 2.58. The Morgan fingerprint density at radius 1 is 1.19 bits per heavy atom. The Hall–Kier alpha value is -3.55. The third kappa shape index (κ3) is 5.53. The number of nitrogens with zero attached hydrogens (tertiary/aromatic N) is 5. The van der Waals surface area contributed by atoms with E-state index in [-0.39, 0.29) is 11.4 Å². The second-order valence-corrected chi connectivity index (χ2v) is 8.32. The van der Waals surface area contributed by atoms with Gasteiger partial charge in [-0.15, -0.1) is 13.2 Å². The number of nitrogens with one attached hydrogen (secondary N) is 1. The maximum Gasteiger partial charge on any atom is 0.573 e. The molecule has 2 heterocycles. The van der Waals surface area contributed by atoms with Gasteiger partial charge in [0, 0.05) is 24.2 Å². The summed E-state index contributed by atoms with van der Waals surface area (Å²) >= 11 is 0. The van der Waals surface area contributed by atoms with Crippen molar-refractivity contribution in [3.05, 3.63) is 54.5 Å². The van der Waals surface area contributed by atoms with Crippen LogP contribution < -0.4 is 10.1 Å². The first-order chi connectivity index (χ1) is 14.4. The van der Waals surface area contributed by atoms with Crippen LogP contribution in [0.4, 0.5) is 13.2 Å². The first kappa shape index (κ1) is 22.1. The van der Waals surface area contributed by atoms with E-state index >= 15 is 0 Å². The molecule has 1 amide bonds. The molecule has 0 radical (unpaired) electrons. The van der Waals surface area contributed by atoms with E-state index in [0.29, 0.717) is 11.9 Å². The number of hydrogen-bond donors (Lipinski definition) is 1. The topological polar surface area (TPSA) is 129 Å². The zero-order chi connectivity index (χ0) is 22.8. The van der Waals surface area contributed by atoms with Gasteiger partial charge >= 0.3 is 6.36 Å². The Morgan fingerprint density at radius 3 is 2.55 bits per heavy atom. The summed E-state index contributed by atoms with van der Waals surface area (Å²) in [5.41, 5.74) is -0.348. The zero-order valence-corrected chi connectivity index (χ0v) is 16.8. The lowest BCUT2D eigenvalue weighted by Gasteiger charge is -2.16. The number of sulfone groups is 1. The van der Waals surface area contributed by atoms with Crippen molar-refractivity contribution >= 4 is 15.7 Å². The van der Waals surface area contributed by atoms with Crippen LogP contribution in [0.3, 0.4) is 0 Å². The van der Waals surface area contributed by atoms with Crippen LogP contribution in [0.15, 0.2) is 48.0 Å². The molecule has 3 rings (SSSR count). The minimum Gasteiger partial charge on any atom is -0.406 e. The maximum absolute atomic E-state index is 12.7. The molecule has 1 atom stereocenters. The van der Waals surface area contributed by atoms with Gasteiger partial charge in [0.05, 0.1) is 17.1 Å². The molecular weight excluding hydrogens is 441 g/mol. The predicted octanol–water partition coefficient (Wildman–Crippen LogP) is 1.85. The molecule has 0 bridgehead atoms. The fourth-order valence-corrected chi connectivity index (χ4v) is 3.25. The molecule has 164 valence electrons. The second-order valence-electron chi connectivity index (χ2n) is 6.30. The average molecular weight is 456 g/mol. The molecule has 0 fully saturated rings. The molecule has 0 spiro atoms. The summed E-state index contributed by atoms with van der Waals surface area (Å²) in [7, 11) is -3.92. The standard InChI is InChI=1S/C17H15F3N6O4S/c1-10(15-23-9-24-26(15)14-8-21-3-4-22-14)25-16(27)11-5-12(30-17(18,19)20)7-13(6-11)31(2,28)29/h3-10H,1-2H3,(H,25,27)/t10-/m0/s1. The van der Waals surface area contributed by atoms with Crippen LogP contribution in [-0.2, 0) is 9.84 Å². The first-order valence-corrected chi connectivity index (χ1v) is 10.4. The lowest BCUT2D eigenvalue weighted by Crippen LogP contribution is -2.29. The molecule has 0 aliphatic rings. The number of alkyl halides is 3. The minimum absolute atomic E-state index is 0.264. The third-order valence-electron chi connectivity index (χ3n) is 3.88. The lowest BCUT2D eigenvalue weighted by molar-refractivity contribution is -0.274. The third-order valence-corrected chi connectivity index (χ3v) is 4.97. The minimum atomic E-state index is -5.07. The van der Waals surface area contributed by atoms with Gasteiger partial charge in [-0.05, 0) is 25.1 Å². The Kier molecular flexibility index (Phi) is 5.92. The molecule has 3 aromatic rings. The number of ether oxygens (including phenoxy) is 1. The Balaban J connectivity index is 1.90. The molecule has 0 aliphatic carbocycles. The van der Waals surface area contributed by atoms with Crippen molar-refractivity contribution < 1.29 is 31.1 Å². The zero-order valence-electron chi connectivity index (χ0n) is 16.0. The summed E-state index contributed by atoms with van der Waals surface area (Å²) < 4.78 is 66.6. The Labute approximate surface area is 174 Å². The molecule has 14 heteroatoms. The monoisotopic (exact) mass is 456 g/mol. The summed E-state index contributed by atoms with van der Waals surface area (Å²) in [6.45, 7) is 1.56. The SMILES string of the molecule is C[C@H](NC(=O)c1cc(OC(F)(F)F)cc(S(C)(=O)=O)c1)c1ncnn1-c1cnccn1. The molecule has 2 aromatic heterocycles. The van der Waals surface area contributed by atoms with Crippen LogP contribution in [0.2, 0.25) is 0 Å². The summed E-state index contributed by atoms with van der Waals surface area (Å²) in [5, 5.41) is 6.55. The van der Waals surface area contributed by atoms with E-state index in [1.54, 1.807) is 6.92 Å². The largest absolute Gasteiger partial charge is 0.573 e. The highest BCUT2D eigenvalue weighted by Crippen LogP contribution is 2.27. The molecule has 10 nitrogen and oxygen atoms in total. The van der Waals surface area contributed by atoms with Crippen LogP contribution in [0.25, 0.3) is 5.82 Å². The smallest absolute Gasteiger partial charge is 0.406 e. The Morgan fingerprint density at radius 2 is 1.94 bits per heavy atom. The number of aromatic nitrogens is 5. The Bertz CT molecular complexity index is 1200. The van der Waals surface area contributed by atoms with E-state index < -0.39 is 38.8 Å². The van der Waals surface area contributed by atoms with Crippen molar-refractivity contribution in [1.82, 2.24) is 30.0 Å². The highest BCUT2D eigenvalue weighted by atomic mass is 32.2. The fraction of sp³-hybridized carbons (Fsp3) is 0.235. The molecule has 1 N–H and O–H groups in total. The van der Waals surface area contributed by atoms with Gasteiger partial charge in [0.1, 0.15) is 12.1 Å². The second kappa shape index (κ2) is 8.29. The summed E-state index contributed by atoms with van der Waals surface area (Å²) in [5.74, 6) is -1.09. The van der Waals surface area contributed by atoms with E-state index in [0.717, 1.165) is 18.4 Å². The highest BCUT2D eigenvalue weighted by Gasteiger charge is 2.32. The van der Waals surface area contributed by atoms with Crippen molar-refractivity contribution in [3.8, 4) is 11.6 Å². The summed E-state index contributed by atoms with van der Waals surface area (Å²) in [6.07, 6.45) is 1.27. The summed E-state index contributed by atoms with van der Waals surface area (Å²) in [6, 6.07) is 1.66. The molecule has 1 aromatic carbocycles. The first-order valence-electron chi connectivity index (χ1n) is 8.52. The maximum atomic E-state index is 12.7. The van der Waals surface area contributed by atoms with Crippen molar-refractivity contribution in [2.75, 3.05) is 6.26 Å². The number of rotatable bonds is 6. The molecule has 0 saturated carbocycles. The summed E-state index contributed by atoms with van der Waals surface area (Å²) in [4.78, 5) is 24.2. The van der Waals surface area contributed by atoms with Crippen LogP contribution in [0.1, 0.15) is 29.1 Å². The highest BCUT2D eigenvalue weighted by molar-refractivity contribution is 7.90. The predicted molar refractivity (Wildman–Crippen MR) is 99.1 cm³/mol. The van der Waals surface area contributed by atoms with Gasteiger partial charge in [-0.25, -0.2) is 18.4 Å². The van der Waals surface area contributed by atoms with E-state index in [1.165, 1.54) is 29.6 Å². The number of hydrogen-bond acceptors (Lipinski definition) is 8. The number of carbonyl (C=O) groups excluding carboxylic acids is 1. The van der Waals surface area contributed by atoms with Gasteiger partial charge in [-0.3, -0.25) is 9.78 Å². The molecule has 0 saturated heterocycles. The van der Waals surface area contributed by atoms with Gasteiger partial charge in [0.2, 0.25) is 0 Å². The van der Waals surface area contributed by atoms with Gasteiger partial charge in [0.25, 0.3) is 5.91 Å². The number of benzene rings is 1. The molecule has 0 aliphatic heterocycles. The van der Waals surface area contributed by atoms with Gasteiger partial charge in [-0.2, -0.15) is 9.78 Å². The quantitative estimate of drug-likeness (QED) is 0.595. The van der Waals surface area contributed by atoms with Crippen LogP contribution in [0, 0.1) is 0 Å². The lowest BCUT2D eigenvalue weighted by atomic mass is 10.2.